The van der Waals surface area contributed by atoms with Gasteiger partial charge in [0.2, 0.25) is 21.8 Å². The normalized spacial score (nSPS) is 15.9. The molecular weight excluding hydrogens is 418 g/mol. The Kier molecular flexibility index (Phi) is 6.97. The summed E-state index contributed by atoms with van der Waals surface area (Å²) in [7, 11) is -3.71. The molecule has 0 spiro atoms. The van der Waals surface area contributed by atoms with Gasteiger partial charge in [0.05, 0.1) is 23.1 Å². The number of benzene rings is 2. The fourth-order valence-corrected chi connectivity index (χ4v) is 5.11. The number of sulfonamides is 1. The quantitative estimate of drug-likeness (QED) is 0.649. The van der Waals surface area contributed by atoms with E-state index in [0.29, 0.717) is 36.7 Å². The third kappa shape index (κ3) is 4.72. The van der Waals surface area contributed by atoms with E-state index in [4.69, 9.17) is 4.74 Å². The predicted octanol–water partition coefficient (Wildman–Crippen LogP) is 3.18. The Bertz CT molecular complexity index is 1080. The zero-order valence-electron chi connectivity index (χ0n) is 17.8. The molecule has 3 rings (SSSR count). The number of nitrogens with zero attached hydrogens (tertiary/aromatic N) is 1. The maximum absolute atomic E-state index is 13.1. The number of ether oxygens (including phenoxy) is 1. The van der Waals surface area contributed by atoms with Crippen LogP contribution in [0.1, 0.15) is 38.7 Å². The first-order valence-electron chi connectivity index (χ1n) is 10.3. The number of para-hydroxylation sites is 1. The van der Waals surface area contributed by atoms with Crippen LogP contribution in [-0.4, -0.2) is 44.2 Å². The van der Waals surface area contributed by atoms with Crippen LogP contribution in [0.15, 0.2) is 47.4 Å². The van der Waals surface area contributed by atoms with E-state index < -0.39 is 21.8 Å². The summed E-state index contributed by atoms with van der Waals surface area (Å²) < 4.78 is 32.8. The van der Waals surface area contributed by atoms with Crippen molar-refractivity contribution in [2.45, 2.75) is 38.0 Å². The minimum absolute atomic E-state index is 0.00422. The van der Waals surface area contributed by atoms with Crippen LogP contribution >= 0.6 is 0 Å². The lowest BCUT2D eigenvalue weighted by Gasteiger charge is -2.25. The minimum atomic E-state index is -3.71. The highest BCUT2D eigenvalue weighted by molar-refractivity contribution is 7.89. The largest absolute Gasteiger partial charge is 0.492 e. The number of hydrogen-bond acceptors (Lipinski definition) is 5. The molecule has 0 bridgehead atoms. The summed E-state index contributed by atoms with van der Waals surface area (Å²) in [6.07, 6.45) is 0.00422. The first-order valence-corrected chi connectivity index (χ1v) is 11.7. The van der Waals surface area contributed by atoms with Crippen LogP contribution < -0.4 is 15.4 Å². The molecule has 166 valence electrons. The zero-order chi connectivity index (χ0) is 22.6. The topological polar surface area (TPSA) is 105 Å². The van der Waals surface area contributed by atoms with Crippen LogP contribution in [-0.2, 0) is 19.6 Å². The predicted molar refractivity (Wildman–Crippen MR) is 119 cm³/mol. The third-order valence-electron chi connectivity index (χ3n) is 5.17. The second kappa shape index (κ2) is 9.49. The highest BCUT2D eigenvalue weighted by Crippen LogP contribution is 2.35. The monoisotopic (exact) mass is 445 g/mol. The van der Waals surface area contributed by atoms with Crippen molar-refractivity contribution in [3.63, 3.8) is 0 Å². The molecule has 0 saturated carbocycles. The molecule has 0 saturated heterocycles. The van der Waals surface area contributed by atoms with Gasteiger partial charge < -0.3 is 15.4 Å². The number of anilines is 2. The van der Waals surface area contributed by atoms with Crippen LogP contribution in [0.4, 0.5) is 11.4 Å². The summed E-state index contributed by atoms with van der Waals surface area (Å²) in [5, 5.41) is 5.55. The first-order chi connectivity index (χ1) is 14.8. The van der Waals surface area contributed by atoms with E-state index in [2.05, 4.69) is 10.6 Å². The maximum Gasteiger partial charge on any atom is 0.243 e. The zero-order valence-corrected chi connectivity index (χ0v) is 18.7. The van der Waals surface area contributed by atoms with Gasteiger partial charge in [-0.1, -0.05) is 32.0 Å². The maximum atomic E-state index is 13.1. The van der Waals surface area contributed by atoms with Gasteiger partial charge in [0, 0.05) is 25.2 Å². The summed E-state index contributed by atoms with van der Waals surface area (Å²) >= 11 is 0. The Morgan fingerprint density at radius 3 is 2.55 bits per heavy atom. The number of carbonyl (C=O) groups is 2. The van der Waals surface area contributed by atoms with E-state index in [0.717, 1.165) is 0 Å². The molecule has 2 aromatic rings. The Morgan fingerprint density at radius 1 is 1.16 bits per heavy atom. The molecule has 1 unspecified atom stereocenters. The van der Waals surface area contributed by atoms with Gasteiger partial charge in [0.15, 0.2) is 0 Å². The van der Waals surface area contributed by atoms with Crippen LogP contribution in [0.2, 0.25) is 0 Å². The molecule has 0 radical (unpaired) electrons. The van der Waals surface area contributed by atoms with Crippen LogP contribution in [0.3, 0.4) is 0 Å². The summed E-state index contributed by atoms with van der Waals surface area (Å²) in [4.78, 5) is 25.3. The molecule has 2 N–H and O–H groups in total. The lowest BCUT2D eigenvalue weighted by Crippen LogP contribution is -2.31. The van der Waals surface area contributed by atoms with E-state index in [-0.39, 0.29) is 22.9 Å². The van der Waals surface area contributed by atoms with Crippen molar-refractivity contribution in [2.75, 3.05) is 30.3 Å². The number of nitrogens with one attached hydrogen (secondary N) is 2. The minimum Gasteiger partial charge on any atom is -0.492 e. The Morgan fingerprint density at radius 2 is 1.87 bits per heavy atom. The van der Waals surface area contributed by atoms with Crippen molar-refractivity contribution >= 4 is 33.2 Å². The van der Waals surface area contributed by atoms with E-state index in [1.807, 2.05) is 0 Å². The molecule has 0 aromatic heterocycles. The Hall–Kier alpha value is -2.91. The van der Waals surface area contributed by atoms with E-state index >= 15 is 0 Å². The van der Waals surface area contributed by atoms with Gasteiger partial charge in [-0.2, -0.15) is 4.31 Å². The SMILES string of the molecule is CCOc1ccc(S(=O)(=O)N(CC)CC)cc1NC(=O)C1CC(=O)Nc2ccccc21. The highest BCUT2D eigenvalue weighted by Gasteiger charge is 2.31. The van der Waals surface area contributed by atoms with Gasteiger partial charge in [0.1, 0.15) is 5.75 Å². The molecular formula is C22H27N3O5S. The van der Waals surface area contributed by atoms with Crippen molar-refractivity contribution in [3.05, 3.63) is 48.0 Å². The van der Waals surface area contributed by atoms with E-state index in [9.17, 15) is 18.0 Å². The number of rotatable bonds is 8. The molecule has 0 fully saturated rings. The van der Waals surface area contributed by atoms with Crippen molar-refractivity contribution < 1.29 is 22.7 Å². The first kappa shape index (κ1) is 22.8. The van der Waals surface area contributed by atoms with E-state index in [1.54, 1.807) is 45.0 Å². The van der Waals surface area contributed by atoms with Crippen LogP contribution in [0.5, 0.6) is 5.75 Å². The molecule has 1 heterocycles. The van der Waals surface area contributed by atoms with Crippen LogP contribution in [0, 0.1) is 0 Å². The summed E-state index contributed by atoms with van der Waals surface area (Å²) in [5.74, 6) is -0.979. The smallest absolute Gasteiger partial charge is 0.243 e. The average molecular weight is 446 g/mol. The number of carbonyl (C=O) groups excluding carboxylic acids is 2. The summed E-state index contributed by atoms with van der Waals surface area (Å²) in [5.41, 5.74) is 1.56. The Labute approximate surface area is 182 Å². The van der Waals surface area contributed by atoms with Crippen molar-refractivity contribution in [3.8, 4) is 5.75 Å². The van der Waals surface area contributed by atoms with E-state index in [1.165, 1.54) is 22.5 Å². The van der Waals surface area contributed by atoms with Crippen molar-refractivity contribution in [1.82, 2.24) is 4.31 Å². The van der Waals surface area contributed by atoms with Gasteiger partial charge in [-0.05, 0) is 36.8 Å². The molecule has 1 aliphatic heterocycles. The van der Waals surface area contributed by atoms with Gasteiger partial charge in [-0.3, -0.25) is 9.59 Å². The van der Waals surface area contributed by atoms with Crippen LogP contribution in [0.25, 0.3) is 0 Å². The summed E-state index contributed by atoms with van der Waals surface area (Å²) in [6, 6.07) is 11.5. The molecule has 8 nitrogen and oxygen atoms in total. The molecule has 9 heteroatoms. The van der Waals surface area contributed by atoms with Crippen molar-refractivity contribution in [1.29, 1.82) is 0 Å². The second-order valence-electron chi connectivity index (χ2n) is 7.06. The van der Waals surface area contributed by atoms with Gasteiger partial charge >= 0.3 is 0 Å². The summed E-state index contributed by atoms with van der Waals surface area (Å²) in [6.45, 7) is 6.35. The molecule has 2 aromatic carbocycles. The number of hydrogen-bond donors (Lipinski definition) is 2. The molecule has 0 aliphatic carbocycles. The fourth-order valence-electron chi connectivity index (χ4n) is 3.63. The fraction of sp³-hybridized carbons (Fsp3) is 0.364. The Balaban J connectivity index is 1.96. The highest BCUT2D eigenvalue weighted by atomic mass is 32.2. The average Bonchev–Trinajstić information content (AvgIpc) is 2.75. The number of amides is 2. The lowest BCUT2D eigenvalue weighted by molar-refractivity contribution is -0.123. The number of fused-ring (bicyclic) bond motifs is 1. The molecule has 2 amide bonds. The van der Waals surface area contributed by atoms with Gasteiger partial charge in [0.25, 0.3) is 0 Å². The molecule has 1 atom stereocenters. The molecule has 31 heavy (non-hydrogen) atoms. The third-order valence-corrected chi connectivity index (χ3v) is 7.21. The van der Waals surface area contributed by atoms with Crippen molar-refractivity contribution in [2.24, 2.45) is 0 Å². The lowest BCUT2D eigenvalue weighted by atomic mass is 9.90. The standard InChI is InChI=1S/C22H27N3O5S/c1-4-25(5-2)31(28,29)15-11-12-20(30-6-3)19(13-15)24-22(27)17-14-21(26)23-18-10-8-7-9-16(17)18/h7-13,17H,4-6,14H2,1-3H3,(H,23,26)(H,24,27). The van der Waals surface area contributed by atoms with Gasteiger partial charge in [-0.15, -0.1) is 0 Å². The molecule has 1 aliphatic rings. The second-order valence-corrected chi connectivity index (χ2v) is 9.00. The van der Waals surface area contributed by atoms with Gasteiger partial charge in [-0.25, -0.2) is 8.42 Å².